The van der Waals surface area contributed by atoms with Gasteiger partial charge in [0.15, 0.2) is 5.78 Å². The van der Waals surface area contributed by atoms with E-state index in [4.69, 9.17) is 0 Å². The molecule has 0 bridgehead atoms. The zero-order valence-electron chi connectivity index (χ0n) is 14.8. The largest absolute Gasteiger partial charge is 0.358 e. The van der Waals surface area contributed by atoms with E-state index in [9.17, 15) is 4.79 Å². The van der Waals surface area contributed by atoms with Crippen LogP contribution in [0.1, 0.15) is 60.8 Å². The van der Waals surface area contributed by atoms with Crippen molar-refractivity contribution in [3.63, 3.8) is 0 Å². The molecule has 0 saturated carbocycles. The van der Waals surface area contributed by atoms with Crippen molar-refractivity contribution < 1.29 is 4.79 Å². The summed E-state index contributed by atoms with van der Waals surface area (Å²) in [5.74, 6) is 0.133. The molecule has 1 fully saturated rings. The molecule has 1 aromatic carbocycles. The second-order valence-corrected chi connectivity index (χ2v) is 7.83. The standard InChI is InChI=1S/C20H28N2OS/c1-16-15-24-20(19-9-7-18(8-10-19)17(2)23)22(16)14-6-5-13-21-11-3-4-12-21/h7-10,15,20H,3-6,11-14H2,1-2H3. The summed E-state index contributed by atoms with van der Waals surface area (Å²) in [6.45, 7) is 8.78. The minimum Gasteiger partial charge on any atom is -0.358 e. The Kier molecular flexibility index (Phi) is 6.01. The van der Waals surface area contributed by atoms with Crippen molar-refractivity contribution in [2.45, 2.75) is 44.9 Å². The molecule has 0 aliphatic carbocycles. The van der Waals surface area contributed by atoms with Crippen molar-refractivity contribution in [1.29, 1.82) is 0 Å². The summed E-state index contributed by atoms with van der Waals surface area (Å²) < 4.78 is 0. The Morgan fingerprint density at radius 3 is 2.46 bits per heavy atom. The molecule has 0 spiro atoms. The average molecular weight is 345 g/mol. The number of rotatable bonds is 7. The molecule has 0 N–H and O–H groups in total. The molecule has 130 valence electrons. The SMILES string of the molecule is CC(=O)c1ccc(C2SC=C(C)N2CCCCN2CCCC2)cc1. The van der Waals surface area contributed by atoms with Gasteiger partial charge < -0.3 is 9.80 Å². The molecule has 24 heavy (non-hydrogen) atoms. The van der Waals surface area contributed by atoms with E-state index in [0.717, 1.165) is 12.1 Å². The molecule has 4 heteroatoms. The molecule has 2 heterocycles. The first-order valence-corrected chi connectivity index (χ1v) is 10.0. The number of likely N-dealkylation sites (tertiary alicyclic amines) is 1. The minimum absolute atomic E-state index is 0.133. The Labute approximate surface area is 150 Å². The normalized spacial score (nSPS) is 21.3. The van der Waals surface area contributed by atoms with Crippen molar-refractivity contribution in [3.8, 4) is 0 Å². The number of Topliss-reactive ketones (excluding diaryl/α,β-unsaturated/α-hetero) is 1. The van der Waals surface area contributed by atoms with Crippen molar-refractivity contribution in [2.75, 3.05) is 26.2 Å². The third-order valence-electron chi connectivity index (χ3n) is 5.03. The summed E-state index contributed by atoms with van der Waals surface area (Å²) in [6.07, 6.45) is 5.28. The Bertz CT molecular complexity index is 590. The fourth-order valence-electron chi connectivity index (χ4n) is 3.55. The lowest BCUT2D eigenvalue weighted by Crippen LogP contribution is -2.25. The van der Waals surface area contributed by atoms with Gasteiger partial charge in [0, 0.05) is 17.8 Å². The van der Waals surface area contributed by atoms with E-state index in [1.807, 2.05) is 23.9 Å². The molecule has 1 unspecified atom stereocenters. The van der Waals surface area contributed by atoms with Crippen LogP contribution >= 0.6 is 11.8 Å². The van der Waals surface area contributed by atoms with Gasteiger partial charge in [0.2, 0.25) is 0 Å². The smallest absolute Gasteiger partial charge is 0.159 e. The van der Waals surface area contributed by atoms with Gasteiger partial charge in [-0.05, 0) is 70.1 Å². The van der Waals surface area contributed by atoms with Crippen LogP contribution < -0.4 is 0 Å². The molecule has 0 amide bonds. The summed E-state index contributed by atoms with van der Waals surface area (Å²) in [5.41, 5.74) is 3.45. The third-order valence-corrected chi connectivity index (χ3v) is 6.29. The number of thioether (sulfide) groups is 1. The number of ketones is 1. The van der Waals surface area contributed by atoms with Crippen LogP contribution in [0.2, 0.25) is 0 Å². The van der Waals surface area contributed by atoms with E-state index in [1.54, 1.807) is 6.92 Å². The Morgan fingerprint density at radius 1 is 1.12 bits per heavy atom. The number of hydrogen-bond acceptors (Lipinski definition) is 4. The summed E-state index contributed by atoms with van der Waals surface area (Å²) in [5, 5.41) is 2.63. The van der Waals surface area contributed by atoms with Crippen LogP contribution in [0.3, 0.4) is 0 Å². The summed E-state index contributed by atoms with van der Waals surface area (Å²) >= 11 is 1.88. The van der Waals surface area contributed by atoms with E-state index in [0.29, 0.717) is 5.37 Å². The van der Waals surface area contributed by atoms with Crippen LogP contribution in [-0.4, -0.2) is 41.8 Å². The molecular weight excluding hydrogens is 316 g/mol. The lowest BCUT2D eigenvalue weighted by molar-refractivity contribution is 0.101. The molecule has 1 atom stereocenters. The number of hydrogen-bond donors (Lipinski definition) is 0. The highest BCUT2D eigenvalue weighted by Crippen LogP contribution is 2.42. The highest BCUT2D eigenvalue weighted by Gasteiger charge is 2.25. The van der Waals surface area contributed by atoms with Crippen LogP contribution in [0.25, 0.3) is 0 Å². The fourth-order valence-corrected chi connectivity index (χ4v) is 4.74. The van der Waals surface area contributed by atoms with Crippen molar-refractivity contribution in [2.24, 2.45) is 0 Å². The van der Waals surface area contributed by atoms with E-state index in [-0.39, 0.29) is 5.78 Å². The molecule has 2 aliphatic heterocycles. The van der Waals surface area contributed by atoms with Crippen molar-refractivity contribution in [3.05, 3.63) is 46.5 Å². The number of allylic oxidation sites excluding steroid dienone is 1. The lowest BCUT2D eigenvalue weighted by Gasteiger charge is -2.28. The van der Waals surface area contributed by atoms with E-state index in [1.165, 1.54) is 56.6 Å². The predicted molar refractivity (Wildman–Crippen MR) is 102 cm³/mol. The first-order chi connectivity index (χ1) is 11.6. The molecular formula is C20H28N2OS. The summed E-state index contributed by atoms with van der Waals surface area (Å²) in [7, 11) is 0. The molecule has 0 radical (unpaired) electrons. The van der Waals surface area contributed by atoms with Crippen LogP contribution in [0.15, 0.2) is 35.4 Å². The van der Waals surface area contributed by atoms with Gasteiger partial charge in [0.25, 0.3) is 0 Å². The van der Waals surface area contributed by atoms with Gasteiger partial charge in [-0.1, -0.05) is 24.3 Å². The zero-order valence-corrected chi connectivity index (χ0v) is 15.6. The highest BCUT2D eigenvalue weighted by molar-refractivity contribution is 8.02. The average Bonchev–Trinajstić information content (AvgIpc) is 3.22. The zero-order chi connectivity index (χ0) is 16.9. The third kappa shape index (κ3) is 4.22. The highest BCUT2D eigenvalue weighted by atomic mass is 32.2. The van der Waals surface area contributed by atoms with Crippen LogP contribution in [-0.2, 0) is 0 Å². The maximum absolute atomic E-state index is 11.4. The van der Waals surface area contributed by atoms with Crippen LogP contribution in [0.5, 0.6) is 0 Å². The molecule has 3 nitrogen and oxygen atoms in total. The van der Waals surface area contributed by atoms with Gasteiger partial charge in [-0.3, -0.25) is 4.79 Å². The maximum atomic E-state index is 11.4. The maximum Gasteiger partial charge on any atom is 0.159 e. The molecule has 2 aliphatic rings. The number of unbranched alkanes of at least 4 members (excludes halogenated alkanes) is 1. The number of carbonyl (C=O) groups is 1. The summed E-state index contributed by atoms with van der Waals surface area (Å²) in [4.78, 5) is 16.6. The monoisotopic (exact) mass is 344 g/mol. The number of benzene rings is 1. The van der Waals surface area contributed by atoms with Gasteiger partial charge >= 0.3 is 0 Å². The topological polar surface area (TPSA) is 23.6 Å². The van der Waals surface area contributed by atoms with Crippen molar-refractivity contribution >= 4 is 17.5 Å². The molecule has 0 aromatic heterocycles. The Balaban J connectivity index is 1.54. The van der Waals surface area contributed by atoms with Crippen LogP contribution in [0, 0.1) is 0 Å². The second-order valence-electron chi connectivity index (χ2n) is 6.88. The predicted octanol–water partition coefficient (Wildman–Crippen LogP) is 4.67. The van der Waals surface area contributed by atoms with Gasteiger partial charge in [-0.15, -0.1) is 11.8 Å². The lowest BCUT2D eigenvalue weighted by atomic mass is 10.1. The molecule has 1 saturated heterocycles. The van der Waals surface area contributed by atoms with Gasteiger partial charge in [-0.2, -0.15) is 0 Å². The molecule has 3 rings (SSSR count). The minimum atomic E-state index is 0.133. The molecule has 1 aromatic rings. The van der Waals surface area contributed by atoms with Crippen LogP contribution in [0.4, 0.5) is 0 Å². The number of nitrogens with zero attached hydrogens (tertiary/aromatic N) is 2. The first-order valence-electron chi connectivity index (χ1n) is 9.07. The van der Waals surface area contributed by atoms with Gasteiger partial charge in [-0.25, -0.2) is 0 Å². The van der Waals surface area contributed by atoms with Crippen molar-refractivity contribution in [1.82, 2.24) is 9.80 Å². The Morgan fingerprint density at radius 2 is 1.79 bits per heavy atom. The second kappa shape index (κ2) is 8.21. The van der Waals surface area contributed by atoms with Gasteiger partial charge in [0.1, 0.15) is 5.37 Å². The summed E-state index contributed by atoms with van der Waals surface area (Å²) in [6, 6.07) is 8.13. The van der Waals surface area contributed by atoms with E-state index in [2.05, 4.69) is 34.3 Å². The first kappa shape index (κ1) is 17.6. The fraction of sp³-hybridized carbons (Fsp3) is 0.550. The van der Waals surface area contributed by atoms with Gasteiger partial charge in [0.05, 0.1) is 0 Å². The quantitative estimate of drug-likeness (QED) is 0.529. The van der Waals surface area contributed by atoms with E-state index >= 15 is 0 Å². The number of carbonyl (C=O) groups excluding carboxylic acids is 1. The Hall–Kier alpha value is -1.26. The van der Waals surface area contributed by atoms with E-state index < -0.39 is 0 Å².